The van der Waals surface area contributed by atoms with Gasteiger partial charge in [0.05, 0.1) is 12.1 Å². The van der Waals surface area contributed by atoms with E-state index in [1.807, 2.05) is 22.8 Å². The zero-order valence-electron chi connectivity index (χ0n) is 15.7. The Labute approximate surface area is 166 Å². The summed E-state index contributed by atoms with van der Waals surface area (Å²) in [5, 5.41) is 10.7. The number of benzene rings is 1. The molecule has 144 valence electrons. The number of rotatable bonds is 2. The number of aromatic amines is 1. The topological polar surface area (TPSA) is 82.2 Å². The van der Waals surface area contributed by atoms with Crippen LogP contribution in [0.15, 0.2) is 18.2 Å². The van der Waals surface area contributed by atoms with Crippen LogP contribution in [0.1, 0.15) is 48.9 Å². The maximum atomic E-state index is 13.0. The summed E-state index contributed by atoms with van der Waals surface area (Å²) < 4.78 is 0. The zero-order valence-corrected chi connectivity index (χ0v) is 16.5. The van der Waals surface area contributed by atoms with E-state index >= 15 is 0 Å². The van der Waals surface area contributed by atoms with Crippen LogP contribution in [0.4, 0.5) is 0 Å². The standard InChI is InChI=1S/C20H21N5O2S/c1-12-18(20(27)24-7-2-3-8-24)14-6-9-25(11-17(14)28-12)19(26)13-4-5-15-16(10-13)22-23-21-15/h4-5,10H,2-3,6-9,11H2,1H3,(H,21,22,23). The van der Waals surface area contributed by atoms with Crippen molar-refractivity contribution in [2.45, 2.75) is 32.7 Å². The Bertz CT molecular complexity index is 1080. The summed E-state index contributed by atoms with van der Waals surface area (Å²) in [6, 6.07) is 5.38. The second-order valence-electron chi connectivity index (χ2n) is 7.44. The summed E-state index contributed by atoms with van der Waals surface area (Å²) in [7, 11) is 0. The molecule has 0 spiro atoms. The van der Waals surface area contributed by atoms with E-state index in [2.05, 4.69) is 15.4 Å². The number of nitrogens with one attached hydrogen (secondary N) is 1. The zero-order chi connectivity index (χ0) is 19.3. The lowest BCUT2D eigenvalue weighted by Gasteiger charge is -2.28. The van der Waals surface area contributed by atoms with Crippen molar-refractivity contribution < 1.29 is 9.59 Å². The number of aryl methyl sites for hydroxylation is 1. The number of carbonyl (C=O) groups is 2. The SMILES string of the molecule is Cc1sc2c(c1C(=O)N1CCCC1)CCN(C(=O)c1ccc3n[nH]nc3c1)C2. The molecule has 5 rings (SSSR count). The molecule has 28 heavy (non-hydrogen) atoms. The predicted octanol–water partition coefficient (Wildman–Crippen LogP) is 2.76. The largest absolute Gasteiger partial charge is 0.339 e. The third-order valence-electron chi connectivity index (χ3n) is 5.69. The lowest BCUT2D eigenvalue weighted by molar-refractivity contribution is 0.0736. The Kier molecular flexibility index (Phi) is 4.16. The molecule has 1 aromatic carbocycles. The van der Waals surface area contributed by atoms with Gasteiger partial charge in [-0.05, 0) is 49.9 Å². The van der Waals surface area contributed by atoms with Gasteiger partial charge in [-0.25, -0.2) is 0 Å². The molecule has 0 bridgehead atoms. The number of nitrogens with zero attached hydrogens (tertiary/aromatic N) is 4. The van der Waals surface area contributed by atoms with E-state index in [1.165, 1.54) is 0 Å². The van der Waals surface area contributed by atoms with Gasteiger partial charge >= 0.3 is 0 Å². The maximum absolute atomic E-state index is 13.0. The molecule has 2 aromatic heterocycles. The van der Waals surface area contributed by atoms with Gasteiger partial charge in [0, 0.05) is 35.0 Å². The molecule has 1 fully saturated rings. The number of carbonyl (C=O) groups excluding carboxylic acids is 2. The van der Waals surface area contributed by atoms with Crippen LogP contribution in [0.5, 0.6) is 0 Å². The van der Waals surface area contributed by atoms with Crippen LogP contribution in [-0.4, -0.2) is 56.7 Å². The first-order chi connectivity index (χ1) is 13.6. The molecule has 2 aliphatic rings. The van der Waals surface area contributed by atoms with E-state index in [0.717, 1.165) is 58.7 Å². The fraction of sp³-hybridized carbons (Fsp3) is 0.400. The normalized spacial score (nSPS) is 16.6. The van der Waals surface area contributed by atoms with Crippen molar-refractivity contribution in [1.82, 2.24) is 25.2 Å². The summed E-state index contributed by atoms with van der Waals surface area (Å²) >= 11 is 1.66. The fourth-order valence-corrected chi connectivity index (χ4v) is 5.46. The number of likely N-dealkylation sites (tertiary alicyclic amines) is 1. The number of aromatic nitrogens is 3. The van der Waals surface area contributed by atoms with Crippen molar-refractivity contribution in [2.24, 2.45) is 0 Å². The van der Waals surface area contributed by atoms with Crippen molar-refractivity contribution in [3.05, 3.63) is 44.6 Å². The highest BCUT2D eigenvalue weighted by atomic mass is 32.1. The summed E-state index contributed by atoms with van der Waals surface area (Å²) in [5.74, 6) is 0.165. The van der Waals surface area contributed by atoms with Crippen molar-refractivity contribution >= 4 is 34.2 Å². The molecular weight excluding hydrogens is 374 g/mol. The van der Waals surface area contributed by atoms with E-state index in [9.17, 15) is 9.59 Å². The van der Waals surface area contributed by atoms with Crippen LogP contribution in [0.2, 0.25) is 0 Å². The van der Waals surface area contributed by atoms with Gasteiger partial charge in [0.15, 0.2) is 0 Å². The van der Waals surface area contributed by atoms with Gasteiger partial charge in [-0.1, -0.05) is 0 Å². The summed E-state index contributed by atoms with van der Waals surface area (Å²) in [6.07, 6.45) is 2.91. The molecule has 3 aromatic rings. The Morgan fingerprint density at radius 3 is 2.64 bits per heavy atom. The van der Waals surface area contributed by atoms with E-state index in [4.69, 9.17) is 0 Å². The monoisotopic (exact) mass is 395 g/mol. The first kappa shape index (κ1) is 17.4. The van der Waals surface area contributed by atoms with Gasteiger partial charge < -0.3 is 9.80 Å². The number of amides is 2. The molecule has 0 radical (unpaired) electrons. The van der Waals surface area contributed by atoms with E-state index in [-0.39, 0.29) is 11.8 Å². The Balaban J connectivity index is 1.40. The highest BCUT2D eigenvalue weighted by Crippen LogP contribution is 2.34. The second-order valence-corrected chi connectivity index (χ2v) is 8.75. The first-order valence-electron chi connectivity index (χ1n) is 9.62. The Morgan fingerprint density at radius 2 is 1.82 bits per heavy atom. The maximum Gasteiger partial charge on any atom is 0.255 e. The van der Waals surface area contributed by atoms with Gasteiger partial charge in [-0.2, -0.15) is 15.4 Å². The fourth-order valence-electron chi connectivity index (χ4n) is 4.23. The highest BCUT2D eigenvalue weighted by molar-refractivity contribution is 7.12. The van der Waals surface area contributed by atoms with Gasteiger partial charge in [0.1, 0.15) is 11.0 Å². The smallest absolute Gasteiger partial charge is 0.255 e. The lowest BCUT2D eigenvalue weighted by Crippen LogP contribution is -2.36. The number of thiophene rings is 1. The van der Waals surface area contributed by atoms with Gasteiger partial charge in [0.2, 0.25) is 0 Å². The minimum atomic E-state index is -0.00553. The molecule has 1 saturated heterocycles. The van der Waals surface area contributed by atoms with E-state index in [0.29, 0.717) is 24.2 Å². The summed E-state index contributed by atoms with van der Waals surface area (Å²) in [5.41, 5.74) is 4.09. The van der Waals surface area contributed by atoms with Crippen molar-refractivity contribution in [2.75, 3.05) is 19.6 Å². The van der Waals surface area contributed by atoms with Gasteiger partial charge in [-0.3, -0.25) is 9.59 Å². The molecule has 7 nitrogen and oxygen atoms in total. The molecule has 2 amide bonds. The summed E-state index contributed by atoms with van der Waals surface area (Å²) in [4.78, 5) is 32.0. The molecule has 2 aliphatic heterocycles. The molecule has 0 aliphatic carbocycles. The minimum absolute atomic E-state index is 0.00553. The lowest BCUT2D eigenvalue weighted by atomic mass is 10.00. The van der Waals surface area contributed by atoms with Gasteiger partial charge in [-0.15, -0.1) is 11.3 Å². The van der Waals surface area contributed by atoms with Crippen LogP contribution in [-0.2, 0) is 13.0 Å². The average molecular weight is 395 g/mol. The number of H-pyrrole nitrogens is 1. The average Bonchev–Trinajstić information content (AvgIpc) is 3.44. The van der Waals surface area contributed by atoms with E-state index in [1.54, 1.807) is 23.5 Å². The third-order valence-corrected chi connectivity index (χ3v) is 6.82. The number of hydrogen-bond acceptors (Lipinski definition) is 5. The van der Waals surface area contributed by atoms with Crippen LogP contribution in [0, 0.1) is 6.92 Å². The first-order valence-corrected chi connectivity index (χ1v) is 10.4. The van der Waals surface area contributed by atoms with Crippen LogP contribution in [0.25, 0.3) is 11.0 Å². The molecule has 4 heterocycles. The Morgan fingerprint density at radius 1 is 1.04 bits per heavy atom. The predicted molar refractivity (Wildman–Crippen MR) is 107 cm³/mol. The molecule has 1 N–H and O–H groups in total. The summed E-state index contributed by atoms with van der Waals surface area (Å²) in [6.45, 7) is 4.93. The second kappa shape index (κ2) is 6.70. The van der Waals surface area contributed by atoms with Crippen molar-refractivity contribution in [3.8, 4) is 0 Å². The molecule has 8 heteroatoms. The molecule has 0 atom stereocenters. The van der Waals surface area contributed by atoms with Gasteiger partial charge in [0.25, 0.3) is 11.8 Å². The molecule has 0 unspecified atom stereocenters. The minimum Gasteiger partial charge on any atom is -0.339 e. The highest BCUT2D eigenvalue weighted by Gasteiger charge is 2.31. The van der Waals surface area contributed by atoms with Crippen LogP contribution in [0.3, 0.4) is 0 Å². The Hall–Kier alpha value is -2.74. The van der Waals surface area contributed by atoms with Crippen LogP contribution < -0.4 is 0 Å². The molecular formula is C20H21N5O2S. The van der Waals surface area contributed by atoms with Crippen molar-refractivity contribution in [1.29, 1.82) is 0 Å². The van der Waals surface area contributed by atoms with E-state index < -0.39 is 0 Å². The number of hydrogen-bond donors (Lipinski definition) is 1. The van der Waals surface area contributed by atoms with Crippen LogP contribution >= 0.6 is 11.3 Å². The molecule has 0 saturated carbocycles. The third kappa shape index (κ3) is 2.79. The number of fused-ring (bicyclic) bond motifs is 2. The quantitative estimate of drug-likeness (QED) is 0.723. The van der Waals surface area contributed by atoms with Crippen molar-refractivity contribution in [3.63, 3.8) is 0 Å².